The van der Waals surface area contributed by atoms with Gasteiger partial charge >= 0.3 is 5.97 Å². The highest BCUT2D eigenvalue weighted by Gasteiger charge is 2.13. The lowest BCUT2D eigenvalue weighted by Gasteiger charge is -2.11. The number of nitrogens with one attached hydrogen (secondary N) is 1. The van der Waals surface area contributed by atoms with Crippen LogP contribution < -0.4 is 5.32 Å². The van der Waals surface area contributed by atoms with Gasteiger partial charge in [-0.15, -0.1) is 11.3 Å². The number of nitrogens with zero attached hydrogens (tertiary/aromatic N) is 1. The Kier molecular flexibility index (Phi) is 4.23. The van der Waals surface area contributed by atoms with Crippen LogP contribution in [0, 0.1) is 13.8 Å². The maximum Gasteiger partial charge on any atom is 0.319 e. The summed E-state index contributed by atoms with van der Waals surface area (Å²) in [6.45, 7) is 6.22. The van der Waals surface area contributed by atoms with Crippen LogP contribution in [-0.2, 0) is 9.53 Å². The van der Waals surface area contributed by atoms with Crippen molar-refractivity contribution in [2.45, 2.75) is 26.8 Å². The van der Waals surface area contributed by atoms with Crippen molar-refractivity contribution >= 4 is 17.3 Å². The van der Waals surface area contributed by atoms with Crippen LogP contribution in [0.25, 0.3) is 0 Å². The van der Waals surface area contributed by atoms with E-state index in [1.165, 1.54) is 12.0 Å². The maximum absolute atomic E-state index is 10.9. The Labute approximate surface area is 93.7 Å². The molecule has 0 saturated carbocycles. The monoisotopic (exact) mass is 228 g/mol. The Morgan fingerprint density at radius 3 is 2.73 bits per heavy atom. The Hall–Kier alpha value is -0.940. The van der Waals surface area contributed by atoms with Gasteiger partial charge in [-0.25, -0.2) is 4.98 Å². The molecule has 0 spiro atoms. The topological polar surface area (TPSA) is 51.2 Å². The first kappa shape index (κ1) is 12.1. The maximum atomic E-state index is 10.9. The Balaban J connectivity index is 2.57. The lowest BCUT2D eigenvalue weighted by Crippen LogP contribution is -2.27. The SMILES string of the molecule is COC(=O)CNC(C)c1nc(C)sc1C. The third kappa shape index (κ3) is 3.28. The van der Waals surface area contributed by atoms with E-state index in [0.717, 1.165) is 10.7 Å². The van der Waals surface area contributed by atoms with Crippen LogP contribution in [0.4, 0.5) is 0 Å². The fourth-order valence-corrected chi connectivity index (χ4v) is 2.27. The largest absolute Gasteiger partial charge is 0.468 e. The van der Waals surface area contributed by atoms with Crippen molar-refractivity contribution < 1.29 is 9.53 Å². The van der Waals surface area contributed by atoms with E-state index in [1.54, 1.807) is 11.3 Å². The van der Waals surface area contributed by atoms with Gasteiger partial charge in [-0.05, 0) is 20.8 Å². The van der Waals surface area contributed by atoms with E-state index in [0.29, 0.717) is 0 Å². The third-order valence-corrected chi connectivity index (χ3v) is 3.03. The molecule has 0 aromatic carbocycles. The smallest absolute Gasteiger partial charge is 0.319 e. The van der Waals surface area contributed by atoms with Crippen molar-refractivity contribution in [2.75, 3.05) is 13.7 Å². The van der Waals surface area contributed by atoms with Crippen molar-refractivity contribution in [3.05, 3.63) is 15.6 Å². The zero-order chi connectivity index (χ0) is 11.4. The lowest BCUT2D eigenvalue weighted by molar-refractivity contribution is -0.139. The van der Waals surface area contributed by atoms with E-state index in [1.807, 2.05) is 20.8 Å². The lowest BCUT2D eigenvalue weighted by atomic mass is 10.2. The van der Waals surface area contributed by atoms with Crippen LogP contribution in [0.15, 0.2) is 0 Å². The summed E-state index contributed by atoms with van der Waals surface area (Å²) in [6, 6.07) is 0.0778. The Bertz CT molecular complexity index is 349. The summed E-state index contributed by atoms with van der Waals surface area (Å²) < 4.78 is 4.55. The molecule has 1 atom stereocenters. The molecule has 0 bridgehead atoms. The van der Waals surface area contributed by atoms with Gasteiger partial charge in [0.2, 0.25) is 0 Å². The first-order chi connectivity index (χ1) is 7.04. The molecule has 0 amide bonds. The first-order valence-corrected chi connectivity index (χ1v) is 5.60. The fourth-order valence-electron chi connectivity index (χ4n) is 1.35. The number of hydrogen-bond donors (Lipinski definition) is 1. The van der Waals surface area contributed by atoms with Crippen LogP contribution in [0.2, 0.25) is 0 Å². The Morgan fingerprint density at radius 2 is 2.27 bits per heavy atom. The molecule has 0 aliphatic heterocycles. The molecule has 1 aromatic heterocycles. The van der Waals surface area contributed by atoms with Gasteiger partial charge in [0, 0.05) is 10.9 Å². The van der Waals surface area contributed by atoms with Gasteiger partial charge in [0.05, 0.1) is 24.4 Å². The number of aryl methyl sites for hydroxylation is 2. The number of hydrogen-bond acceptors (Lipinski definition) is 5. The number of carbonyl (C=O) groups is 1. The highest BCUT2D eigenvalue weighted by Crippen LogP contribution is 2.22. The quantitative estimate of drug-likeness (QED) is 0.795. The number of methoxy groups -OCH3 is 1. The van der Waals surface area contributed by atoms with E-state index in [-0.39, 0.29) is 18.6 Å². The van der Waals surface area contributed by atoms with Gasteiger partial charge in [0.1, 0.15) is 0 Å². The molecule has 15 heavy (non-hydrogen) atoms. The molecule has 0 fully saturated rings. The van der Waals surface area contributed by atoms with Crippen LogP contribution in [0.1, 0.15) is 28.5 Å². The summed E-state index contributed by atoms with van der Waals surface area (Å²) in [6.07, 6.45) is 0. The van der Waals surface area contributed by atoms with E-state index >= 15 is 0 Å². The normalized spacial score (nSPS) is 12.5. The minimum atomic E-state index is -0.258. The van der Waals surface area contributed by atoms with E-state index < -0.39 is 0 Å². The summed E-state index contributed by atoms with van der Waals surface area (Å²) in [5.74, 6) is -0.258. The van der Waals surface area contributed by atoms with Gasteiger partial charge < -0.3 is 4.74 Å². The molecular weight excluding hydrogens is 212 g/mol. The molecule has 1 heterocycles. The number of esters is 1. The van der Waals surface area contributed by atoms with Crippen LogP contribution >= 0.6 is 11.3 Å². The van der Waals surface area contributed by atoms with Crippen LogP contribution in [0.3, 0.4) is 0 Å². The minimum absolute atomic E-state index is 0.0778. The molecule has 0 aliphatic carbocycles. The molecule has 0 saturated heterocycles. The van der Waals surface area contributed by atoms with Crippen LogP contribution in [0.5, 0.6) is 0 Å². The molecule has 1 unspecified atom stereocenters. The van der Waals surface area contributed by atoms with Gasteiger partial charge in [-0.1, -0.05) is 0 Å². The second kappa shape index (κ2) is 5.23. The number of ether oxygens (including phenoxy) is 1. The molecule has 1 N–H and O–H groups in total. The second-order valence-electron chi connectivity index (χ2n) is 3.35. The molecular formula is C10H16N2O2S. The van der Waals surface area contributed by atoms with Crippen LogP contribution in [-0.4, -0.2) is 24.6 Å². The molecule has 1 rings (SSSR count). The zero-order valence-electron chi connectivity index (χ0n) is 9.46. The molecule has 0 aliphatic rings. The number of thiazole rings is 1. The first-order valence-electron chi connectivity index (χ1n) is 4.78. The molecule has 84 valence electrons. The van der Waals surface area contributed by atoms with E-state index in [9.17, 15) is 4.79 Å². The summed E-state index contributed by atoms with van der Waals surface area (Å²) in [5.41, 5.74) is 1.02. The predicted molar refractivity (Wildman–Crippen MR) is 60.0 cm³/mol. The van der Waals surface area contributed by atoms with Gasteiger partial charge in [-0.3, -0.25) is 10.1 Å². The van der Waals surface area contributed by atoms with Gasteiger partial charge in [0.15, 0.2) is 0 Å². The van der Waals surface area contributed by atoms with Crippen molar-refractivity contribution in [3.63, 3.8) is 0 Å². The van der Waals surface area contributed by atoms with E-state index in [4.69, 9.17) is 0 Å². The van der Waals surface area contributed by atoms with Crippen molar-refractivity contribution in [1.82, 2.24) is 10.3 Å². The molecule has 1 aromatic rings. The van der Waals surface area contributed by atoms with Crippen molar-refractivity contribution in [1.29, 1.82) is 0 Å². The summed E-state index contributed by atoms with van der Waals surface area (Å²) in [5, 5.41) is 4.12. The van der Waals surface area contributed by atoms with E-state index in [2.05, 4.69) is 15.0 Å². The van der Waals surface area contributed by atoms with Crippen molar-refractivity contribution in [3.8, 4) is 0 Å². The Morgan fingerprint density at radius 1 is 1.60 bits per heavy atom. The average molecular weight is 228 g/mol. The standard InChI is InChI=1S/C10H16N2O2S/c1-6(11-5-9(13)14-4)10-7(2)15-8(3)12-10/h6,11H,5H2,1-4H3. The number of rotatable bonds is 4. The van der Waals surface area contributed by atoms with Gasteiger partial charge in [0.25, 0.3) is 0 Å². The molecule has 0 radical (unpaired) electrons. The van der Waals surface area contributed by atoms with Gasteiger partial charge in [-0.2, -0.15) is 0 Å². The average Bonchev–Trinajstić information content (AvgIpc) is 2.53. The predicted octanol–water partition coefficient (Wildman–Crippen LogP) is 1.58. The number of carbonyl (C=O) groups excluding carboxylic acids is 1. The third-order valence-electron chi connectivity index (χ3n) is 2.13. The highest BCUT2D eigenvalue weighted by atomic mass is 32.1. The van der Waals surface area contributed by atoms with Crippen molar-refractivity contribution in [2.24, 2.45) is 0 Å². The summed E-state index contributed by atoms with van der Waals surface area (Å²) in [4.78, 5) is 16.5. The molecule has 4 nitrogen and oxygen atoms in total. The zero-order valence-corrected chi connectivity index (χ0v) is 10.3. The molecule has 5 heteroatoms. The minimum Gasteiger partial charge on any atom is -0.468 e. The second-order valence-corrected chi connectivity index (χ2v) is 4.76. The highest BCUT2D eigenvalue weighted by molar-refractivity contribution is 7.11. The number of aromatic nitrogens is 1. The summed E-state index contributed by atoms with van der Waals surface area (Å²) >= 11 is 1.67. The summed E-state index contributed by atoms with van der Waals surface area (Å²) in [7, 11) is 1.38. The fraction of sp³-hybridized carbons (Fsp3) is 0.600.